The van der Waals surface area contributed by atoms with Crippen LogP contribution in [-0.4, -0.2) is 28.1 Å². The lowest BCUT2D eigenvalue weighted by Crippen LogP contribution is -2.30. The van der Waals surface area contributed by atoms with Crippen LogP contribution in [0.2, 0.25) is 0 Å². The lowest BCUT2D eigenvalue weighted by molar-refractivity contribution is -0.118. The molecule has 0 aliphatic heterocycles. The smallest absolute Gasteiger partial charge is 0.271 e. The Morgan fingerprint density at radius 1 is 1.14 bits per heavy atom. The number of primary amides is 1. The Bertz CT molecular complexity index is 725. The summed E-state index contributed by atoms with van der Waals surface area (Å²) in [5.41, 5.74) is 5.40. The highest BCUT2D eigenvalue weighted by Crippen LogP contribution is 2.02. The van der Waals surface area contributed by atoms with E-state index in [0.29, 0.717) is 18.7 Å². The van der Waals surface area contributed by atoms with Crippen molar-refractivity contribution >= 4 is 11.8 Å². The van der Waals surface area contributed by atoms with E-state index in [1.165, 1.54) is 16.8 Å². The van der Waals surface area contributed by atoms with E-state index in [-0.39, 0.29) is 17.7 Å². The molecule has 0 saturated heterocycles. The summed E-state index contributed by atoms with van der Waals surface area (Å²) >= 11 is 0. The van der Waals surface area contributed by atoms with Gasteiger partial charge in [0.2, 0.25) is 5.91 Å². The zero-order valence-corrected chi connectivity index (χ0v) is 11.9. The number of carbonyl (C=O) groups is 2. The van der Waals surface area contributed by atoms with Crippen LogP contribution in [-0.2, 0) is 4.79 Å². The summed E-state index contributed by atoms with van der Waals surface area (Å²) in [6.07, 6.45) is 0.663. The van der Waals surface area contributed by atoms with Crippen molar-refractivity contribution in [3.05, 3.63) is 58.5 Å². The number of nitrogens with two attached hydrogens (primary N) is 1. The molecule has 22 heavy (non-hydrogen) atoms. The highest BCUT2D eigenvalue weighted by Gasteiger charge is 2.10. The lowest BCUT2D eigenvalue weighted by atomic mass is 10.3. The first-order valence-electron chi connectivity index (χ1n) is 6.80. The van der Waals surface area contributed by atoms with Gasteiger partial charge in [0.15, 0.2) is 0 Å². The summed E-state index contributed by atoms with van der Waals surface area (Å²) < 4.78 is 1.17. The zero-order chi connectivity index (χ0) is 15.9. The Hall–Kier alpha value is -2.96. The first-order valence-corrected chi connectivity index (χ1v) is 6.80. The van der Waals surface area contributed by atoms with Gasteiger partial charge in [-0.2, -0.15) is 9.78 Å². The molecule has 0 aliphatic rings. The lowest BCUT2D eigenvalue weighted by Gasteiger charge is -2.07. The zero-order valence-electron chi connectivity index (χ0n) is 11.9. The van der Waals surface area contributed by atoms with Crippen molar-refractivity contribution in [2.45, 2.75) is 12.8 Å². The number of amides is 2. The minimum absolute atomic E-state index is 0.127. The summed E-state index contributed by atoms with van der Waals surface area (Å²) in [4.78, 5) is 34.4. The van der Waals surface area contributed by atoms with Gasteiger partial charge >= 0.3 is 0 Å². The van der Waals surface area contributed by atoms with Crippen LogP contribution < -0.4 is 16.6 Å². The molecular weight excluding hydrogens is 284 g/mol. The van der Waals surface area contributed by atoms with Crippen molar-refractivity contribution < 1.29 is 9.59 Å². The molecule has 0 saturated carbocycles. The number of hydrogen-bond acceptors (Lipinski definition) is 4. The summed E-state index contributed by atoms with van der Waals surface area (Å²) in [6.45, 7) is 0.313. The standard InChI is InChI=1S/C15H16N4O3/c16-13(20)7-4-10-17-15(22)12-8-9-14(21)19(18-12)11-5-2-1-3-6-11/h1-3,5-6,8-9H,4,7,10H2,(H2,16,20)(H,17,22). The van der Waals surface area contributed by atoms with E-state index in [1.807, 2.05) is 6.07 Å². The van der Waals surface area contributed by atoms with E-state index in [9.17, 15) is 14.4 Å². The molecule has 1 heterocycles. The average Bonchev–Trinajstić information content (AvgIpc) is 2.52. The van der Waals surface area contributed by atoms with Crippen LogP contribution in [0.4, 0.5) is 0 Å². The second-order valence-electron chi connectivity index (χ2n) is 4.63. The minimum atomic E-state index is -0.412. The monoisotopic (exact) mass is 300 g/mol. The maximum atomic E-state index is 12.0. The average molecular weight is 300 g/mol. The predicted octanol–water partition coefficient (Wildman–Crippen LogP) is 0.228. The van der Waals surface area contributed by atoms with E-state index < -0.39 is 11.8 Å². The van der Waals surface area contributed by atoms with E-state index in [1.54, 1.807) is 24.3 Å². The molecule has 2 rings (SSSR count). The maximum absolute atomic E-state index is 12.0. The van der Waals surface area contributed by atoms with Crippen LogP contribution in [0.1, 0.15) is 23.3 Å². The van der Waals surface area contributed by atoms with Crippen LogP contribution in [0.5, 0.6) is 0 Å². The topological polar surface area (TPSA) is 107 Å². The molecule has 0 atom stereocenters. The van der Waals surface area contributed by atoms with Crippen molar-refractivity contribution in [2.75, 3.05) is 6.54 Å². The number of nitrogens with zero attached hydrogens (tertiary/aromatic N) is 2. The normalized spacial score (nSPS) is 10.2. The Kier molecular flexibility index (Phi) is 5.02. The second-order valence-corrected chi connectivity index (χ2v) is 4.63. The molecule has 0 bridgehead atoms. The molecule has 114 valence electrons. The number of nitrogens with one attached hydrogen (secondary N) is 1. The molecule has 7 heteroatoms. The van der Waals surface area contributed by atoms with Gasteiger partial charge in [0, 0.05) is 19.0 Å². The third kappa shape index (κ3) is 4.02. The van der Waals surface area contributed by atoms with Gasteiger partial charge in [-0.25, -0.2) is 0 Å². The summed E-state index contributed by atoms with van der Waals surface area (Å²) in [7, 11) is 0. The Morgan fingerprint density at radius 2 is 1.86 bits per heavy atom. The molecule has 1 aromatic heterocycles. The highest BCUT2D eigenvalue weighted by atomic mass is 16.2. The largest absolute Gasteiger partial charge is 0.370 e. The van der Waals surface area contributed by atoms with Gasteiger partial charge in [-0.05, 0) is 24.6 Å². The molecule has 0 unspecified atom stereocenters. The first-order chi connectivity index (χ1) is 10.6. The van der Waals surface area contributed by atoms with Gasteiger partial charge in [-0.1, -0.05) is 18.2 Å². The maximum Gasteiger partial charge on any atom is 0.271 e. The first kappa shape index (κ1) is 15.4. The van der Waals surface area contributed by atoms with Crippen LogP contribution in [0.3, 0.4) is 0 Å². The summed E-state index contributed by atoms with van der Waals surface area (Å²) in [6, 6.07) is 11.5. The van der Waals surface area contributed by atoms with Crippen molar-refractivity contribution in [1.29, 1.82) is 0 Å². The van der Waals surface area contributed by atoms with Crippen LogP contribution in [0, 0.1) is 0 Å². The van der Waals surface area contributed by atoms with Crippen LogP contribution in [0.25, 0.3) is 5.69 Å². The molecular formula is C15H16N4O3. The fourth-order valence-electron chi connectivity index (χ4n) is 1.84. The van der Waals surface area contributed by atoms with Gasteiger partial charge < -0.3 is 11.1 Å². The van der Waals surface area contributed by atoms with Gasteiger partial charge in [0.1, 0.15) is 5.69 Å². The number of para-hydroxylation sites is 1. The van der Waals surface area contributed by atoms with E-state index in [0.717, 1.165) is 0 Å². The Labute approximate surface area is 126 Å². The quantitative estimate of drug-likeness (QED) is 0.744. The van der Waals surface area contributed by atoms with Crippen LogP contribution in [0.15, 0.2) is 47.3 Å². The Balaban J connectivity index is 2.11. The number of aromatic nitrogens is 2. The molecule has 0 spiro atoms. The van der Waals surface area contributed by atoms with Gasteiger partial charge in [0.05, 0.1) is 5.69 Å². The van der Waals surface area contributed by atoms with E-state index in [4.69, 9.17) is 5.73 Å². The van der Waals surface area contributed by atoms with Crippen molar-refractivity contribution in [2.24, 2.45) is 5.73 Å². The SMILES string of the molecule is NC(=O)CCCNC(=O)c1ccc(=O)n(-c2ccccc2)n1. The Morgan fingerprint density at radius 3 is 2.55 bits per heavy atom. The van der Waals surface area contributed by atoms with Gasteiger partial charge in [-0.3, -0.25) is 14.4 Å². The van der Waals surface area contributed by atoms with Gasteiger partial charge in [0.25, 0.3) is 11.5 Å². The summed E-state index contributed by atoms with van der Waals surface area (Å²) in [5.74, 6) is -0.820. The molecule has 1 aromatic carbocycles. The number of carbonyl (C=O) groups excluding carboxylic acids is 2. The predicted molar refractivity (Wildman–Crippen MR) is 80.6 cm³/mol. The highest BCUT2D eigenvalue weighted by molar-refractivity contribution is 5.92. The van der Waals surface area contributed by atoms with E-state index >= 15 is 0 Å². The van der Waals surface area contributed by atoms with Crippen molar-refractivity contribution in [1.82, 2.24) is 15.1 Å². The molecule has 2 aromatic rings. The molecule has 0 aliphatic carbocycles. The third-order valence-electron chi connectivity index (χ3n) is 2.92. The fourth-order valence-corrected chi connectivity index (χ4v) is 1.84. The molecule has 3 N–H and O–H groups in total. The fraction of sp³-hybridized carbons (Fsp3) is 0.200. The molecule has 0 radical (unpaired) electrons. The number of benzene rings is 1. The number of rotatable bonds is 6. The van der Waals surface area contributed by atoms with Crippen molar-refractivity contribution in [3.63, 3.8) is 0 Å². The van der Waals surface area contributed by atoms with Crippen LogP contribution >= 0.6 is 0 Å². The molecule has 2 amide bonds. The van der Waals surface area contributed by atoms with Gasteiger partial charge in [-0.15, -0.1) is 0 Å². The minimum Gasteiger partial charge on any atom is -0.370 e. The van der Waals surface area contributed by atoms with E-state index in [2.05, 4.69) is 10.4 Å². The molecule has 0 fully saturated rings. The second kappa shape index (κ2) is 7.16. The summed E-state index contributed by atoms with van der Waals surface area (Å²) in [5, 5.41) is 6.68. The third-order valence-corrected chi connectivity index (χ3v) is 2.92. The van der Waals surface area contributed by atoms with Crippen molar-refractivity contribution in [3.8, 4) is 5.69 Å². The molecule has 7 nitrogen and oxygen atoms in total. The number of hydrogen-bond donors (Lipinski definition) is 2.